The van der Waals surface area contributed by atoms with E-state index in [0.29, 0.717) is 6.42 Å². The van der Waals surface area contributed by atoms with Gasteiger partial charge in [-0.15, -0.1) is 0 Å². The predicted molar refractivity (Wildman–Crippen MR) is 119 cm³/mol. The van der Waals surface area contributed by atoms with Gasteiger partial charge in [-0.05, 0) is 53.9 Å². The van der Waals surface area contributed by atoms with Crippen LogP contribution >= 0.6 is 31.9 Å². The van der Waals surface area contributed by atoms with Gasteiger partial charge in [0, 0.05) is 26.6 Å². The Bertz CT molecular complexity index is 887. The maximum Gasteiger partial charge on any atom is 0.165 e. The number of benzene rings is 3. The highest BCUT2D eigenvalue weighted by molar-refractivity contribution is 9.10. The first kappa shape index (κ1) is 19.8. The normalized spacial score (nSPS) is 11.8. The summed E-state index contributed by atoms with van der Waals surface area (Å²) in [7, 11) is 0. The SMILES string of the molecule is CCc1ccc(NC(CC(=O)c2ccc(Br)cc2)c2ccc(Br)cc2)cc1. The summed E-state index contributed by atoms with van der Waals surface area (Å²) in [5.74, 6) is 0.119. The van der Waals surface area contributed by atoms with Crippen molar-refractivity contribution in [2.45, 2.75) is 25.8 Å². The van der Waals surface area contributed by atoms with Gasteiger partial charge in [0.05, 0.1) is 6.04 Å². The Morgan fingerprint density at radius 3 is 1.96 bits per heavy atom. The summed E-state index contributed by atoms with van der Waals surface area (Å²) < 4.78 is 1.99. The highest BCUT2D eigenvalue weighted by atomic mass is 79.9. The first-order chi connectivity index (χ1) is 13.0. The molecule has 0 aromatic heterocycles. The van der Waals surface area contributed by atoms with E-state index in [2.05, 4.69) is 80.5 Å². The third-order valence-electron chi connectivity index (χ3n) is 4.53. The van der Waals surface area contributed by atoms with E-state index in [-0.39, 0.29) is 11.8 Å². The molecular formula is C23H21Br2NO. The summed E-state index contributed by atoms with van der Waals surface area (Å²) in [6.07, 6.45) is 1.40. The van der Waals surface area contributed by atoms with Gasteiger partial charge in [0.15, 0.2) is 5.78 Å². The third-order valence-corrected chi connectivity index (χ3v) is 5.59. The third kappa shape index (κ3) is 5.53. The van der Waals surface area contributed by atoms with E-state index in [0.717, 1.165) is 32.2 Å². The van der Waals surface area contributed by atoms with Crippen LogP contribution in [0, 0.1) is 0 Å². The van der Waals surface area contributed by atoms with Gasteiger partial charge in [0.25, 0.3) is 0 Å². The molecule has 138 valence electrons. The summed E-state index contributed by atoms with van der Waals surface area (Å²) in [4.78, 5) is 12.8. The van der Waals surface area contributed by atoms with Gasteiger partial charge in [0.2, 0.25) is 0 Å². The molecule has 0 spiro atoms. The maximum atomic E-state index is 12.8. The number of hydrogen-bond acceptors (Lipinski definition) is 2. The molecule has 0 aliphatic heterocycles. The first-order valence-corrected chi connectivity index (χ1v) is 10.5. The van der Waals surface area contributed by atoms with Crippen LogP contribution in [-0.4, -0.2) is 5.78 Å². The average Bonchev–Trinajstić information content (AvgIpc) is 2.69. The van der Waals surface area contributed by atoms with Gasteiger partial charge in [0.1, 0.15) is 0 Å². The molecule has 0 fully saturated rings. The highest BCUT2D eigenvalue weighted by Crippen LogP contribution is 2.26. The molecule has 1 atom stereocenters. The van der Waals surface area contributed by atoms with Crippen molar-refractivity contribution in [1.29, 1.82) is 0 Å². The van der Waals surface area contributed by atoms with Crippen LogP contribution in [0.4, 0.5) is 5.69 Å². The number of nitrogens with one attached hydrogen (secondary N) is 1. The highest BCUT2D eigenvalue weighted by Gasteiger charge is 2.17. The molecule has 0 amide bonds. The fourth-order valence-electron chi connectivity index (χ4n) is 2.92. The second-order valence-corrected chi connectivity index (χ2v) is 8.26. The Labute approximate surface area is 177 Å². The van der Waals surface area contributed by atoms with Crippen molar-refractivity contribution in [1.82, 2.24) is 0 Å². The van der Waals surface area contributed by atoms with Gasteiger partial charge >= 0.3 is 0 Å². The molecule has 0 saturated carbocycles. The van der Waals surface area contributed by atoms with Crippen LogP contribution in [-0.2, 0) is 6.42 Å². The van der Waals surface area contributed by atoms with Crippen LogP contribution in [0.2, 0.25) is 0 Å². The second kappa shape index (κ2) is 9.34. The molecule has 1 N–H and O–H groups in total. The Hall–Kier alpha value is -1.91. The van der Waals surface area contributed by atoms with Crippen molar-refractivity contribution < 1.29 is 4.79 Å². The zero-order chi connectivity index (χ0) is 19.2. The summed E-state index contributed by atoms with van der Waals surface area (Å²) >= 11 is 6.90. The van der Waals surface area contributed by atoms with Crippen LogP contribution in [0.5, 0.6) is 0 Å². The molecule has 2 nitrogen and oxygen atoms in total. The molecule has 0 aliphatic carbocycles. The largest absolute Gasteiger partial charge is 0.378 e. The Balaban J connectivity index is 1.83. The van der Waals surface area contributed by atoms with E-state index in [1.807, 2.05) is 36.4 Å². The summed E-state index contributed by atoms with van der Waals surface area (Å²) in [5, 5.41) is 3.53. The molecule has 3 aromatic rings. The minimum Gasteiger partial charge on any atom is -0.378 e. The zero-order valence-electron chi connectivity index (χ0n) is 15.1. The van der Waals surface area contributed by atoms with Gasteiger partial charge in [-0.3, -0.25) is 4.79 Å². The molecule has 0 radical (unpaired) electrons. The molecule has 27 heavy (non-hydrogen) atoms. The standard InChI is InChI=1S/C23H21Br2NO/c1-2-16-3-13-21(14-4-16)26-22(17-5-9-19(24)10-6-17)15-23(27)18-7-11-20(25)12-8-18/h3-14,22,26H,2,15H2,1H3. The Morgan fingerprint density at radius 2 is 1.41 bits per heavy atom. The van der Waals surface area contributed by atoms with Crippen molar-refractivity contribution in [3.05, 3.63) is 98.4 Å². The summed E-state index contributed by atoms with van der Waals surface area (Å²) in [5.41, 5.74) is 4.13. The minimum atomic E-state index is -0.0956. The van der Waals surface area contributed by atoms with Gasteiger partial charge in [-0.2, -0.15) is 0 Å². The van der Waals surface area contributed by atoms with Crippen molar-refractivity contribution in [3.8, 4) is 0 Å². The van der Waals surface area contributed by atoms with E-state index in [1.54, 1.807) is 0 Å². The van der Waals surface area contributed by atoms with Crippen molar-refractivity contribution in [3.63, 3.8) is 0 Å². The monoisotopic (exact) mass is 485 g/mol. The molecule has 3 rings (SSSR count). The lowest BCUT2D eigenvalue weighted by molar-refractivity contribution is 0.0976. The van der Waals surface area contributed by atoms with Crippen LogP contribution in [0.3, 0.4) is 0 Å². The second-order valence-electron chi connectivity index (χ2n) is 6.43. The number of ketones is 1. The summed E-state index contributed by atoms with van der Waals surface area (Å²) in [6, 6.07) is 24.0. The molecule has 4 heteroatoms. The van der Waals surface area contributed by atoms with E-state index in [1.165, 1.54) is 5.56 Å². The van der Waals surface area contributed by atoms with Crippen LogP contribution in [0.25, 0.3) is 0 Å². The van der Waals surface area contributed by atoms with E-state index >= 15 is 0 Å². The fourth-order valence-corrected chi connectivity index (χ4v) is 3.45. The average molecular weight is 487 g/mol. The van der Waals surface area contributed by atoms with Crippen molar-refractivity contribution >= 4 is 43.3 Å². The molecule has 3 aromatic carbocycles. The van der Waals surface area contributed by atoms with E-state index in [9.17, 15) is 4.79 Å². The lowest BCUT2D eigenvalue weighted by atomic mass is 9.97. The number of anilines is 1. The topological polar surface area (TPSA) is 29.1 Å². The lowest BCUT2D eigenvalue weighted by Crippen LogP contribution is -2.16. The number of aryl methyl sites for hydroxylation is 1. The zero-order valence-corrected chi connectivity index (χ0v) is 18.3. The molecule has 0 aliphatic rings. The first-order valence-electron chi connectivity index (χ1n) is 8.95. The molecule has 0 bridgehead atoms. The van der Waals surface area contributed by atoms with Gasteiger partial charge < -0.3 is 5.32 Å². The summed E-state index contributed by atoms with van der Waals surface area (Å²) in [6.45, 7) is 2.14. The number of carbonyl (C=O) groups excluding carboxylic acids is 1. The smallest absolute Gasteiger partial charge is 0.165 e. The van der Waals surface area contributed by atoms with Crippen molar-refractivity contribution in [2.24, 2.45) is 0 Å². The number of Topliss-reactive ketones (excluding diaryl/α,β-unsaturated/α-hetero) is 1. The van der Waals surface area contributed by atoms with E-state index < -0.39 is 0 Å². The minimum absolute atomic E-state index is 0.0956. The maximum absolute atomic E-state index is 12.8. The van der Waals surface area contributed by atoms with Crippen molar-refractivity contribution in [2.75, 3.05) is 5.32 Å². The number of halogens is 2. The Morgan fingerprint density at radius 1 is 0.852 bits per heavy atom. The molecular weight excluding hydrogens is 466 g/mol. The van der Waals surface area contributed by atoms with Crippen LogP contribution < -0.4 is 5.32 Å². The van der Waals surface area contributed by atoms with Gasteiger partial charge in [-0.25, -0.2) is 0 Å². The fraction of sp³-hybridized carbons (Fsp3) is 0.174. The molecule has 0 saturated heterocycles. The van der Waals surface area contributed by atoms with Crippen LogP contribution in [0.1, 0.15) is 40.9 Å². The molecule has 0 heterocycles. The number of hydrogen-bond donors (Lipinski definition) is 1. The Kier molecular flexibility index (Phi) is 6.86. The quantitative estimate of drug-likeness (QED) is 0.357. The van der Waals surface area contributed by atoms with E-state index in [4.69, 9.17) is 0 Å². The number of carbonyl (C=O) groups is 1. The predicted octanol–water partition coefficient (Wildman–Crippen LogP) is 7.20. The van der Waals surface area contributed by atoms with Gasteiger partial charge in [-0.1, -0.05) is 75.2 Å². The lowest BCUT2D eigenvalue weighted by Gasteiger charge is -2.20. The molecule has 1 unspecified atom stereocenters. The number of rotatable bonds is 7. The van der Waals surface area contributed by atoms with Crippen LogP contribution in [0.15, 0.2) is 81.7 Å².